The lowest BCUT2D eigenvalue weighted by Gasteiger charge is -1.82. The largest absolute Gasteiger partial charge is 0.0588 e. The molecular weight excluding hydrogens is 84.1 g/mol. The van der Waals surface area contributed by atoms with Gasteiger partial charge in [0.2, 0.25) is 0 Å². The smallest absolute Gasteiger partial charge is 0.0235 e. The highest BCUT2D eigenvalue weighted by molar-refractivity contribution is 5.15. The number of hydrogen-bond acceptors (Lipinski definition) is 0. The normalized spacial score (nSPS) is 41.6. The van der Waals surface area contributed by atoms with Crippen LogP contribution in [0.15, 0.2) is 0 Å². The van der Waals surface area contributed by atoms with E-state index < -0.39 is 0 Å². The van der Waals surface area contributed by atoms with Crippen molar-refractivity contribution < 1.29 is 0 Å². The lowest BCUT2D eigenvalue weighted by Crippen LogP contribution is -1.75. The second-order valence-corrected chi connectivity index (χ2v) is 2.99. The summed E-state index contributed by atoms with van der Waals surface area (Å²) in [4.78, 5) is 0. The molecule has 1 radical (unpaired) electrons. The number of hydrogen-bond donors (Lipinski definition) is 0. The molecule has 39 valence electrons. The minimum absolute atomic E-state index is 1.10. The zero-order chi connectivity index (χ0) is 4.85. The van der Waals surface area contributed by atoms with Gasteiger partial charge in [0, 0.05) is 0 Å². The molecule has 1 atom stereocenters. The Bertz CT molecular complexity index is 82.0. The van der Waals surface area contributed by atoms with Crippen LogP contribution >= 0.6 is 0 Å². The lowest BCUT2D eigenvalue weighted by molar-refractivity contribution is 0.724. The highest BCUT2D eigenvalue weighted by Gasteiger charge is 2.44. The van der Waals surface area contributed by atoms with E-state index >= 15 is 0 Å². The molecule has 0 N–H and O–H groups in total. The fourth-order valence-corrected chi connectivity index (χ4v) is 1.36. The maximum Gasteiger partial charge on any atom is -0.0235 e. The van der Waals surface area contributed by atoms with Gasteiger partial charge in [-0.3, -0.25) is 0 Å². The van der Waals surface area contributed by atoms with Gasteiger partial charge in [-0.2, -0.15) is 0 Å². The molecule has 0 spiro atoms. The maximum atomic E-state index is 2.29. The third-order valence-electron chi connectivity index (χ3n) is 2.21. The van der Waals surface area contributed by atoms with Gasteiger partial charge in [-0.05, 0) is 37.0 Å². The quantitative estimate of drug-likeness (QED) is 0.467. The summed E-state index contributed by atoms with van der Waals surface area (Å²) in [7, 11) is 0. The molecule has 2 saturated carbocycles. The minimum Gasteiger partial charge on any atom is -0.0588 e. The molecule has 0 saturated heterocycles. The summed E-state index contributed by atoms with van der Waals surface area (Å²) < 4.78 is 0. The zero-order valence-electron chi connectivity index (χ0n) is 4.78. The highest BCUT2D eigenvalue weighted by Crippen LogP contribution is 2.55. The van der Waals surface area contributed by atoms with E-state index in [1.54, 1.807) is 5.92 Å². The van der Waals surface area contributed by atoms with Crippen LogP contribution in [0.2, 0.25) is 0 Å². The van der Waals surface area contributed by atoms with Crippen molar-refractivity contribution in [2.24, 2.45) is 11.8 Å². The second kappa shape index (κ2) is 1.04. The van der Waals surface area contributed by atoms with E-state index in [1.165, 1.54) is 19.3 Å². The van der Waals surface area contributed by atoms with Crippen molar-refractivity contribution in [2.45, 2.75) is 26.2 Å². The predicted molar refractivity (Wildman–Crippen MR) is 29.7 cm³/mol. The molecule has 2 rings (SSSR count). The topological polar surface area (TPSA) is 0 Å². The molecule has 0 bridgehead atoms. The first-order chi connectivity index (χ1) is 3.38. The first-order valence-corrected chi connectivity index (χ1v) is 3.20. The maximum absolute atomic E-state index is 2.29. The van der Waals surface area contributed by atoms with E-state index in [2.05, 4.69) is 6.92 Å². The average Bonchev–Trinajstić information content (AvgIpc) is 2.23. The summed E-state index contributed by atoms with van der Waals surface area (Å²) in [6, 6.07) is 0. The monoisotopic (exact) mass is 95.1 g/mol. The van der Waals surface area contributed by atoms with Crippen LogP contribution in [-0.2, 0) is 0 Å². The SMILES string of the molecule is C[C]1CC1C1CC1. The van der Waals surface area contributed by atoms with E-state index in [-0.39, 0.29) is 0 Å². The van der Waals surface area contributed by atoms with Crippen molar-refractivity contribution >= 4 is 0 Å². The number of rotatable bonds is 1. The molecule has 2 aliphatic rings. The van der Waals surface area contributed by atoms with E-state index in [9.17, 15) is 0 Å². The molecule has 2 aliphatic carbocycles. The van der Waals surface area contributed by atoms with Gasteiger partial charge >= 0.3 is 0 Å². The molecule has 0 amide bonds. The Morgan fingerprint density at radius 1 is 1.43 bits per heavy atom. The van der Waals surface area contributed by atoms with Crippen molar-refractivity contribution in [3.8, 4) is 0 Å². The standard InChI is InChI=1S/C7H11/c1-5-4-7(5)6-2-3-6/h6-7H,2-4H2,1H3. The summed E-state index contributed by atoms with van der Waals surface area (Å²) in [6.07, 6.45) is 4.52. The van der Waals surface area contributed by atoms with Gasteiger partial charge in [0.1, 0.15) is 0 Å². The van der Waals surface area contributed by atoms with Crippen molar-refractivity contribution in [3.63, 3.8) is 0 Å². The van der Waals surface area contributed by atoms with Crippen LogP contribution in [0.25, 0.3) is 0 Å². The highest BCUT2D eigenvalue weighted by atomic mass is 14.5. The Morgan fingerprint density at radius 3 is 2.14 bits per heavy atom. The van der Waals surface area contributed by atoms with Crippen LogP contribution in [0, 0.1) is 17.8 Å². The molecule has 0 aromatic carbocycles. The fourth-order valence-electron chi connectivity index (χ4n) is 1.36. The molecule has 0 heteroatoms. The molecule has 0 aromatic rings. The fraction of sp³-hybridized carbons (Fsp3) is 0.857. The van der Waals surface area contributed by atoms with Gasteiger partial charge in [-0.15, -0.1) is 0 Å². The van der Waals surface area contributed by atoms with Crippen molar-refractivity contribution in [1.82, 2.24) is 0 Å². The van der Waals surface area contributed by atoms with Crippen LogP contribution < -0.4 is 0 Å². The molecule has 1 unspecified atom stereocenters. The Kier molecular flexibility index (Phi) is 0.586. The van der Waals surface area contributed by atoms with Crippen molar-refractivity contribution in [2.75, 3.05) is 0 Å². The minimum atomic E-state index is 1.10. The van der Waals surface area contributed by atoms with E-state index in [0.717, 1.165) is 11.8 Å². The van der Waals surface area contributed by atoms with Crippen LogP contribution in [0.5, 0.6) is 0 Å². The summed E-state index contributed by atoms with van der Waals surface area (Å²) >= 11 is 0. The van der Waals surface area contributed by atoms with Gasteiger partial charge in [-0.25, -0.2) is 0 Å². The molecule has 0 heterocycles. The Balaban J connectivity index is 1.88. The van der Waals surface area contributed by atoms with E-state index in [0.29, 0.717) is 0 Å². The van der Waals surface area contributed by atoms with Crippen LogP contribution in [0.3, 0.4) is 0 Å². The average molecular weight is 95.2 g/mol. The summed E-state index contributed by atoms with van der Waals surface area (Å²) in [6.45, 7) is 2.29. The van der Waals surface area contributed by atoms with Crippen LogP contribution in [0.1, 0.15) is 26.2 Å². The van der Waals surface area contributed by atoms with E-state index in [4.69, 9.17) is 0 Å². The summed E-state index contributed by atoms with van der Waals surface area (Å²) in [5, 5.41) is 0. The van der Waals surface area contributed by atoms with Gasteiger partial charge in [0.15, 0.2) is 0 Å². The van der Waals surface area contributed by atoms with Gasteiger partial charge in [0.05, 0.1) is 0 Å². The molecule has 0 aliphatic heterocycles. The Morgan fingerprint density at radius 2 is 2.00 bits per heavy atom. The van der Waals surface area contributed by atoms with E-state index in [1.807, 2.05) is 0 Å². The molecular formula is C7H11. The second-order valence-electron chi connectivity index (χ2n) is 2.99. The Labute approximate surface area is 44.9 Å². The van der Waals surface area contributed by atoms with Gasteiger partial charge < -0.3 is 0 Å². The third kappa shape index (κ3) is 0.568. The predicted octanol–water partition coefficient (Wildman–Crippen LogP) is 2.01. The van der Waals surface area contributed by atoms with Gasteiger partial charge in [-0.1, -0.05) is 6.92 Å². The summed E-state index contributed by atoms with van der Waals surface area (Å²) in [5.74, 6) is 4.02. The third-order valence-corrected chi connectivity index (χ3v) is 2.21. The molecule has 0 aromatic heterocycles. The van der Waals surface area contributed by atoms with Crippen LogP contribution in [-0.4, -0.2) is 0 Å². The molecule has 0 nitrogen and oxygen atoms in total. The lowest BCUT2D eigenvalue weighted by atomic mass is 10.2. The zero-order valence-corrected chi connectivity index (χ0v) is 4.78. The first kappa shape index (κ1) is 3.94. The Hall–Kier alpha value is 0. The molecule has 7 heavy (non-hydrogen) atoms. The van der Waals surface area contributed by atoms with Crippen molar-refractivity contribution in [1.29, 1.82) is 0 Å². The summed E-state index contributed by atoms with van der Waals surface area (Å²) in [5.41, 5.74) is 0. The van der Waals surface area contributed by atoms with Gasteiger partial charge in [0.25, 0.3) is 0 Å². The first-order valence-electron chi connectivity index (χ1n) is 3.20. The molecule has 2 fully saturated rings. The van der Waals surface area contributed by atoms with Crippen LogP contribution in [0.4, 0.5) is 0 Å². The van der Waals surface area contributed by atoms with Crippen molar-refractivity contribution in [3.05, 3.63) is 5.92 Å².